The molecule has 1 unspecified atom stereocenters. The highest BCUT2D eigenvalue weighted by Gasteiger charge is 2.57. The number of nitrogens with zero attached hydrogens (tertiary/aromatic N) is 1. The van der Waals surface area contributed by atoms with Crippen LogP contribution in [0.15, 0.2) is 79.1 Å². The number of pyridine rings is 1. The van der Waals surface area contributed by atoms with Crippen molar-refractivity contribution in [1.82, 2.24) is 4.98 Å². The van der Waals surface area contributed by atoms with Crippen molar-refractivity contribution < 1.29 is 28.9 Å². The van der Waals surface area contributed by atoms with E-state index in [1.165, 1.54) is 0 Å². The lowest BCUT2D eigenvalue weighted by molar-refractivity contribution is -0.318. The number of hydrogen-bond acceptors (Lipinski definition) is 7. The molecule has 7 heteroatoms. The molecule has 152 valence electrons. The number of rotatable bonds is 7. The molecule has 0 bridgehead atoms. The van der Waals surface area contributed by atoms with E-state index in [2.05, 4.69) is 4.98 Å². The minimum Gasteiger partial charge on any atom is -0.418 e. The number of esters is 2. The molecule has 30 heavy (non-hydrogen) atoms. The van der Waals surface area contributed by atoms with E-state index in [0.29, 0.717) is 6.42 Å². The molecule has 1 aliphatic rings. The second-order valence-electron chi connectivity index (χ2n) is 6.79. The van der Waals surface area contributed by atoms with Crippen LogP contribution in [0.3, 0.4) is 0 Å². The zero-order valence-electron chi connectivity index (χ0n) is 15.9. The molecule has 0 aliphatic carbocycles. The lowest BCUT2D eigenvalue weighted by Gasteiger charge is -2.30. The first kappa shape index (κ1) is 19.6. The molecule has 1 aromatic heterocycles. The standard InChI is InChI=1S/C23H19NO6/c25-20(12-11-16-6-5-13-24-15-16)23(29-21(26)22(27)30-23)28-19-10-4-9-18(14-19)17-7-2-1-3-8-17/h1-10,13-15,20,25H,11-12H2. The Morgan fingerprint density at radius 1 is 0.933 bits per heavy atom. The van der Waals surface area contributed by atoms with E-state index in [9.17, 15) is 14.7 Å². The number of aliphatic hydroxyl groups excluding tert-OH is 1. The predicted molar refractivity (Wildman–Crippen MR) is 106 cm³/mol. The fourth-order valence-electron chi connectivity index (χ4n) is 3.17. The highest BCUT2D eigenvalue weighted by Crippen LogP contribution is 2.33. The van der Waals surface area contributed by atoms with E-state index in [0.717, 1.165) is 16.7 Å². The van der Waals surface area contributed by atoms with Gasteiger partial charge in [0.15, 0.2) is 6.10 Å². The highest BCUT2D eigenvalue weighted by atomic mass is 16.9. The van der Waals surface area contributed by atoms with Crippen molar-refractivity contribution in [2.24, 2.45) is 0 Å². The molecule has 0 radical (unpaired) electrons. The number of benzene rings is 2. The van der Waals surface area contributed by atoms with E-state index < -0.39 is 24.0 Å². The number of carbonyl (C=O) groups is 2. The normalized spacial score (nSPS) is 15.9. The average Bonchev–Trinajstić information content (AvgIpc) is 3.07. The lowest BCUT2D eigenvalue weighted by atomic mass is 10.1. The summed E-state index contributed by atoms with van der Waals surface area (Å²) in [5, 5.41) is 10.7. The van der Waals surface area contributed by atoms with Crippen LogP contribution < -0.4 is 4.74 Å². The lowest BCUT2D eigenvalue weighted by Crippen LogP contribution is -2.49. The highest BCUT2D eigenvalue weighted by molar-refractivity contribution is 6.31. The number of cyclic esters (lactones) is 2. The van der Waals surface area contributed by atoms with Crippen LogP contribution in [0.4, 0.5) is 0 Å². The van der Waals surface area contributed by atoms with Crippen LogP contribution in [0.25, 0.3) is 11.1 Å². The van der Waals surface area contributed by atoms with Crippen molar-refractivity contribution in [2.45, 2.75) is 24.9 Å². The molecule has 2 aromatic carbocycles. The maximum atomic E-state index is 11.7. The molecule has 1 fully saturated rings. The van der Waals surface area contributed by atoms with Crippen LogP contribution in [0.2, 0.25) is 0 Å². The van der Waals surface area contributed by atoms with Gasteiger partial charge < -0.3 is 19.3 Å². The number of aliphatic hydroxyl groups is 1. The van der Waals surface area contributed by atoms with Gasteiger partial charge in [-0.25, -0.2) is 9.59 Å². The SMILES string of the molecule is O=C1OC(Oc2cccc(-c3ccccc3)c2)(C(O)CCc2cccnc2)OC1=O. The van der Waals surface area contributed by atoms with Crippen molar-refractivity contribution in [2.75, 3.05) is 0 Å². The van der Waals surface area contributed by atoms with Crippen molar-refractivity contribution in [3.05, 3.63) is 84.7 Å². The molecule has 1 atom stereocenters. The fraction of sp³-hybridized carbons (Fsp3) is 0.174. The van der Waals surface area contributed by atoms with E-state index in [1.807, 2.05) is 42.5 Å². The molecular formula is C23H19NO6. The summed E-state index contributed by atoms with van der Waals surface area (Å²) in [6.07, 6.45) is 2.43. The Morgan fingerprint density at radius 2 is 1.67 bits per heavy atom. The summed E-state index contributed by atoms with van der Waals surface area (Å²) in [7, 11) is 0. The van der Waals surface area contributed by atoms with Crippen LogP contribution in [-0.2, 0) is 25.5 Å². The van der Waals surface area contributed by atoms with Crippen LogP contribution in [0.5, 0.6) is 5.75 Å². The number of aromatic nitrogens is 1. The van der Waals surface area contributed by atoms with Crippen LogP contribution in [0, 0.1) is 0 Å². The molecule has 0 spiro atoms. The molecule has 4 rings (SSSR count). The van der Waals surface area contributed by atoms with Crippen molar-refractivity contribution in [3.63, 3.8) is 0 Å². The minimum atomic E-state index is -2.24. The Morgan fingerprint density at radius 3 is 2.37 bits per heavy atom. The second-order valence-corrected chi connectivity index (χ2v) is 6.79. The van der Waals surface area contributed by atoms with E-state index >= 15 is 0 Å². The Hall–Kier alpha value is -3.71. The summed E-state index contributed by atoms with van der Waals surface area (Å²) in [5.74, 6) is -4.39. The van der Waals surface area contributed by atoms with Crippen LogP contribution in [-0.4, -0.2) is 34.1 Å². The van der Waals surface area contributed by atoms with E-state index in [-0.39, 0.29) is 12.2 Å². The Balaban J connectivity index is 1.57. The number of ether oxygens (including phenoxy) is 3. The van der Waals surface area contributed by atoms with Gasteiger partial charge in [0.2, 0.25) is 0 Å². The van der Waals surface area contributed by atoms with Gasteiger partial charge in [-0.3, -0.25) is 4.98 Å². The largest absolute Gasteiger partial charge is 0.450 e. The molecule has 7 nitrogen and oxygen atoms in total. The number of aryl methyl sites for hydroxylation is 1. The quantitative estimate of drug-likeness (QED) is 0.477. The van der Waals surface area contributed by atoms with Gasteiger partial charge in [0.25, 0.3) is 0 Å². The van der Waals surface area contributed by atoms with Crippen LogP contribution in [0.1, 0.15) is 12.0 Å². The summed E-state index contributed by atoms with van der Waals surface area (Å²) in [5.41, 5.74) is 2.67. The first-order valence-corrected chi connectivity index (χ1v) is 9.43. The number of carbonyl (C=O) groups excluding carboxylic acids is 2. The summed E-state index contributed by atoms with van der Waals surface area (Å²) < 4.78 is 15.9. The van der Waals surface area contributed by atoms with Gasteiger partial charge >= 0.3 is 17.9 Å². The van der Waals surface area contributed by atoms with Gasteiger partial charge in [-0.05, 0) is 47.7 Å². The topological polar surface area (TPSA) is 95.0 Å². The van der Waals surface area contributed by atoms with E-state index in [4.69, 9.17) is 14.2 Å². The maximum Gasteiger partial charge on any atom is 0.450 e. The van der Waals surface area contributed by atoms with E-state index in [1.54, 1.807) is 36.7 Å². The zero-order valence-corrected chi connectivity index (χ0v) is 15.9. The average molecular weight is 405 g/mol. The third-order valence-corrected chi connectivity index (χ3v) is 4.68. The summed E-state index contributed by atoms with van der Waals surface area (Å²) in [6, 6.07) is 20.2. The molecule has 3 aromatic rings. The third kappa shape index (κ3) is 4.16. The minimum absolute atomic E-state index is 0.116. The second kappa shape index (κ2) is 8.34. The Kier molecular flexibility index (Phi) is 5.45. The van der Waals surface area contributed by atoms with Gasteiger partial charge in [-0.2, -0.15) is 0 Å². The van der Waals surface area contributed by atoms with Gasteiger partial charge in [-0.1, -0.05) is 48.5 Å². The van der Waals surface area contributed by atoms with Crippen molar-refractivity contribution >= 4 is 11.9 Å². The van der Waals surface area contributed by atoms with Crippen molar-refractivity contribution in [3.8, 4) is 16.9 Å². The first-order chi connectivity index (χ1) is 14.6. The van der Waals surface area contributed by atoms with Gasteiger partial charge in [0.05, 0.1) is 0 Å². The molecule has 2 heterocycles. The van der Waals surface area contributed by atoms with Crippen LogP contribution >= 0.6 is 0 Å². The summed E-state index contributed by atoms with van der Waals surface area (Å²) in [4.78, 5) is 27.5. The monoisotopic (exact) mass is 405 g/mol. The summed E-state index contributed by atoms with van der Waals surface area (Å²) >= 11 is 0. The molecule has 1 aliphatic heterocycles. The summed E-state index contributed by atoms with van der Waals surface area (Å²) in [6.45, 7) is 0. The van der Waals surface area contributed by atoms with Gasteiger partial charge in [0.1, 0.15) is 5.75 Å². The number of hydrogen-bond donors (Lipinski definition) is 1. The molecule has 0 amide bonds. The predicted octanol–water partition coefficient (Wildman–Crippen LogP) is 2.87. The molecule has 0 saturated carbocycles. The maximum absolute atomic E-state index is 11.7. The zero-order chi connectivity index (χ0) is 21.0. The van der Waals surface area contributed by atoms with Gasteiger partial charge in [0, 0.05) is 12.4 Å². The van der Waals surface area contributed by atoms with Crippen molar-refractivity contribution in [1.29, 1.82) is 0 Å². The smallest absolute Gasteiger partial charge is 0.418 e. The first-order valence-electron chi connectivity index (χ1n) is 9.43. The Bertz CT molecular complexity index is 1020. The fourth-order valence-corrected chi connectivity index (χ4v) is 3.17. The third-order valence-electron chi connectivity index (χ3n) is 4.68. The molecule has 1 N–H and O–H groups in total. The van der Waals surface area contributed by atoms with Gasteiger partial charge in [-0.15, -0.1) is 0 Å². The molecule has 1 saturated heterocycles. The Labute approximate surface area is 172 Å². The molecular weight excluding hydrogens is 386 g/mol.